The molecule has 0 N–H and O–H groups in total. The predicted octanol–water partition coefficient (Wildman–Crippen LogP) is 5.44. The van der Waals surface area contributed by atoms with Crippen LogP contribution in [0.15, 0.2) is 40.9 Å². The molecule has 21 heavy (non-hydrogen) atoms. The third kappa shape index (κ3) is 3.56. The molecule has 0 amide bonds. The third-order valence-electron chi connectivity index (χ3n) is 2.79. The van der Waals surface area contributed by atoms with Crippen molar-refractivity contribution in [2.45, 2.75) is 13.1 Å². The number of aryl methyl sites for hydroxylation is 1. The standard InChI is InChI=1S/C15H9BrF3NO/c1-9-6-10(8-20)13(16)7-14(9)21-12-4-2-11(3-5-12)15(17,18)19/h2-7H,1H3. The summed E-state index contributed by atoms with van der Waals surface area (Å²) in [5.74, 6) is 0.767. The molecule has 2 nitrogen and oxygen atoms in total. The van der Waals surface area contributed by atoms with Crippen LogP contribution in [-0.2, 0) is 6.18 Å². The molecular weight excluding hydrogens is 347 g/mol. The zero-order valence-electron chi connectivity index (χ0n) is 10.8. The van der Waals surface area contributed by atoms with Crippen LogP contribution in [0.25, 0.3) is 0 Å². The highest BCUT2D eigenvalue weighted by Crippen LogP contribution is 2.33. The van der Waals surface area contributed by atoms with Gasteiger partial charge >= 0.3 is 6.18 Å². The largest absolute Gasteiger partial charge is 0.457 e. The van der Waals surface area contributed by atoms with Gasteiger partial charge in [-0.1, -0.05) is 0 Å². The van der Waals surface area contributed by atoms with E-state index in [2.05, 4.69) is 15.9 Å². The molecule has 0 bridgehead atoms. The first kappa shape index (κ1) is 15.4. The number of rotatable bonds is 2. The SMILES string of the molecule is Cc1cc(C#N)c(Br)cc1Oc1ccc(C(F)(F)F)cc1. The van der Waals surface area contributed by atoms with E-state index in [-0.39, 0.29) is 0 Å². The van der Waals surface area contributed by atoms with Gasteiger partial charge in [-0.05, 0) is 64.8 Å². The van der Waals surface area contributed by atoms with Crippen molar-refractivity contribution in [3.63, 3.8) is 0 Å². The molecule has 0 unspecified atom stereocenters. The van der Waals surface area contributed by atoms with E-state index in [9.17, 15) is 13.2 Å². The monoisotopic (exact) mass is 355 g/mol. The molecule has 2 aromatic carbocycles. The van der Waals surface area contributed by atoms with Gasteiger partial charge in [0.05, 0.1) is 11.1 Å². The topological polar surface area (TPSA) is 33.0 Å². The van der Waals surface area contributed by atoms with E-state index >= 15 is 0 Å². The van der Waals surface area contributed by atoms with E-state index in [0.29, 0.717) is 21.5 Å². The molecule has 6 heteroatoms. The molecule has 0 aliphatic heterocycles. The summed E-state index contributed by atoms with van der Waals surface area (Å²) in [7, 11) is 0. The lowest BCUT2D eigenvalue weighted by molar-refractivity contribution is -0.137. The lowest BCUT2D eigenvalue weighted by Gasteiger charge is -2.11. The summed E-state index contributed by atoms with van der Waals surface area (Å²) in [6.45, 7) is 1.76. The fourth-order valence-electron chi connectivity index (χ4n) is 1.70. The Bertz CT molecular complexity index is 703. The maximum Gasteiger partial charge on any atom is 0.416 e. The van der Waals surface area contributed by atoms with Crippen molar-refractivity contribution < 1.29 is 17.9 Å². The van der Waals surface area contributed by atoms with Gasteiger partial charge in [0.15, 0.2) is 0 Å². The second-order valence-electron chi connectivity index (χ2n) is 4.33. The summed E-state index contributed by atoms with van der Waals surface area (Å²) in [5, 5.41) is 8.90. The minimum absolute atomic E-state index is 0.294. The Morgan fingerprint density at radius 3 is 2.29 bits per heavy atom. The van der Waals surface area contributed by atoms with Gasteiger partial charge < -0.3 is 4.74 Å². The van der Waals surface area contributed by atoms with Crippen molar-refractivity contribution in [3.8, 4) is 17.6 Å². The fraction of sp³-hybridized carbons (Fsp3) is 0.133. The zero-order valence-corrected chi connectivity index (χ0v) is 12.4. The number of halogens is 4. The minimum atomic E-state index is -4.37. The molecule has 0 heterocycles. The molecule has 0 saturated heterocycles. The molecule has 108 valence electrons. The van der Waals surface area contributed by atoms with E-state index in [1.54, 1.807) is 19.1 Å². The van der Waals surface area contributed by atoms with Crippen LogP contribution < -0.4 is 4.74 Å². The van der Waals surface area contributed by atoms with Crippen molar-refractivity contribution in [1.29, 1.82) is 5.26 Å². The highest BCUT2D eigenvalue weighted by Gasteiger charge is 2.30. The summed E-state index contributed by atoms with van der Waals surface area (Å²) in [4.78, 5) is 0. The van der Waals surface area contributed by atoms with Crippen LogP contribution in [0.2, 0.25) is 0 Å². The number of nitrogens with zero attached hydrogens (tertiary/aromatic N) is 1. The number of nitriles is 1. The van der Waals surface area contributed by atoms with Crippen molar-refractivity contribution in [2.24, 2.45) is 0 Å². The molecule has 0 atom stereocenters. The van der Waals surface area contributed by atoms with E-state index in [4.69, 9.17) is 10.00 Å². The summed E-state index contributed by atoms with van der Waals surface area (Å²) in [6.07, 6.45) is -4.37. The molecule has 0 fully saturated rings. The van der Waals surface area contributed by atoms with Gasteiger partial charge in [-0.15, -0.1) is 0 Å². The van der Waals surface area contributed by atoms with Gasteiger partial charge in [-0.3, -0.25) is 0 Å². The van der Waals surface area contributed by atoms with E-state index in [1.165, 1.54) is 12.1 Å². The Morgan fingerprint density at radius 1 is 1.14 bits per heavy atom. The van der Waals surface area contributed by atoms with E-state index < -0.39 is 11.7 Å². The highest BCUT2D eigenvalue weighted by molar-refractivity contribution is 9.10. The van der Waals surface area contributed by atoms with Gasteiger partial charge in [0.25, 0.3) is 0 Å². The molecule has 0 radical (unpaired) electrons. The quantitative estimate of drug-likeness (QED) is 0.718. The maximum absolute atomic E-state index is 12.5. The molecule has 0 spiro atoms. The Balaban J connectivity index is 2.27. The first-order valence-corrected chi connectivity index (χ1v) is 6.66. The minimum Gasteiger partial charge on any atom is -0.457 e. The number of alkyl halides is 3. The Morgan fingerprint density at radius 2 is 1.76 bits per heavy atom. The van der Waals surface area contributed by atoms with Crippen molar-refractivity contribution >= 4 is 15.9 Å². The van der Waals surface area contributed by atoms with Crippen molar-refractivity contribution in [2.75, 3.05) is 0 Å². The molecule has 0 aromatic heterocycles. The maximum atomic E-state index is 12.5. The van der Waals surface area contributed by atoms with Crippen molar-refractivity contribution in [3.05, 3.63) is 57.6 Å². The molecule has 2 rings (SSSR count). The van der Waals surface area contributed by atoms with Gasteiger partial charge in [0, 0.05) is 4.47 Å². The number of hydrogen-bond acceptors (Lipinski definition) is 2. The van der Waals surface area contributed by atoms with Gasteiger partial charge in [0.1, 0.15) is 17.6 Å². The first-order valence-electron chi connectivity index (χ1n) is 5.86. The number of ether oxygens (including phenoxy) is 1. The average molecular weight is 356 g/mol. The molecular formula is C15H9BrF3NO. The number of benzene rings is 2. The molecule has 0 saturated carbocycles. The van der Waals surface area contributed by atoms with Crippen LogP contribution in [0.5, 0.6) is 11.5 Å². The summed E-state index contributed by atoms with van der Waals surface area (Å²) < 4.78 is 43.5. The van der Waals surface area contributed by atoms with E-state index in [1.807, 2.05) is 6.07 Å². The van der Waals surface area contributed by atoms with Gasteiger partial charge in [-0.25, -0.2) is 0 Å². The van der Waals surface area contributed by atoms with Crippen LogP contribution in [0, 0.1) is 18.3 Å². The summed E-state index contributed by atoms with van der Waals surface area (Å²) in [6, 6.07) is 9.72. The van der Waals surface area contributed by atoms with Gasteiger partial charge in [0.2, 0.25) is 0 Å². The summed E-state index contributed by atoms with van der Waals surface area (Å²) >= 11 is 3.24. The lowest BCUT2D eigenvalue weighted by Crippen LogP contribution is -2.04. The smallest absolute Gasteiger partial charge is 0.416 e. The second-order valence-corrected chi connectivity index (χ2v) is 5.19. The van der Waals surface area contributed by atoms with E-state index in [0.717, 1.165) is 17.7 Å². The number of hydrogen-bond donors (Lipinski definition) is 0. The first-order chi connectivity index (χ1) is 9.81. The lowest BCUT2D eigenvalue weighted by atomic mass is 10.1. The van der Waals surface area contributed by atoms with Crippen LogP contribution in [-0.4, -0.2) is 0 Å². The Hall–Kier alpha value is -2.00. The van der Waals surface area contributed by atoms with Crippen LogP contribution >= 0.6 is 15.9 Å². The van der Waals surface area contributed by atoms with Crippen LogP contribution in [0.1, 0.15) is 16.7 Å². The summed E-state index contributed by atoms with van der Waals surface area (Å²) in [5.41, 5.74) is 0.453. The Labute approximate surface area is 127 Å². The molecule has 0 aliphatic carbocycles. The average Bonchev–Trinajstić information content (AvgIpc) is 2.42. The van der Waals surface area contributed by atoms with Gasteiger partial charge in [-0.2, -0.15) is 18.4 Å². The Kier molecular flexibility index (Phi) is 4.24. The zero-order chi connectivity index (χ0) is 15.6. The predicted molar refractivity (Wildman–Crippen MR) is 75.1 cm³/mol. The fourth-order valence-corrected chi connectivity index (χ4v) is 2.11. The normalized spacial score (nSPS) is 11.0. The highest BCUT2D eigenvalue weighted by atomic mass is 79.9. The molecule has 2 aromatic rings. The third-order valence-corrected chi connectivity index (χ3v) is 3.45. The second kappa shape index (κ2) is 5.78. The molecule has 0 aliphatic rings. The van der Waals surface area contributed by atoms with Crippen LogP contribution in [0.4, 0.5) is 13.2 Å². The van der Waals surface area contributed by atoms with Crippen molar-refractivity contribution in [1.82, 2.24) is 0 Å². The van der Waals surface area contributed by atoms with Crippen LogP contribution in [0.3, 0.4) is 0 Å².